The zero-order valence-corrected chi connectivity index (χ0v) is 28.7. The van der Waals surface area contributed by atoms with Gasteiger partial charge >= 0.3 is 17.9 Å². The van der Waals surface area contributed by atoms with Crippen LogP contribution in [0.1, 0.15) is 90.4 Å². The van der Waals surface area contributed by atoms with Crippen LogP contribution in [0.15, 0.2) is 54.6 Å². The molecule has 0 unspecified atom stereocenters. The minimum absolute atomic E-state index is 0.332. The summed E-state index contributed by atoms with van der Waals surface area (Å²) in [6, 6.07) is 15.1. The van der Waals surface area contributed by atoms with Crippen molar-refractivity contribution in [2.24, 2.45) is 0 Å². The van der Waals surface area contributed by atoms with Crippen LogP contribution < -0.4 is 0 Å². The number of hydrogen-bond acceptors (Lipinski definition) is 12. The van der Waals surface area contributed by atoms with E-state index in [0.29, 0.717) is 103 Å². The summed E-state index contributed by atoms with van der Waals surface area (Å²) in [5.74, 6) is -1.31. The fourth-order valence-electron chi connectivity index (χ4n) is 5.71. The van der Waals surface area contributed by atoms with Crippen LogP contribution >= 0.6 is 0 Å². The van der Waals surface area contributed by atoms with Gasteiger partial charge in [0.05, 0.1) is 69.6 Å². The van der Waals surface area contributed by atoms with E-state index in [1.807, 2.05) is 20.8 Å². The monoisotopic (exact) mass is 684 g/mol. The highest BCUT2D eigenvalue weighted by Crippen LogP contribution is 2.33. The lowest BCUT2D eigenvalue weighted by Gasteiger charge is -2.11. The molecule has 258 valence electrons. The molecule has 0 atom stereocenters. The lowest BCUT2D eigenvalue weighted by molar-refractivity contribution is 0.0490. The van der Waals surface area contributed by atoms with Crippen molar-refractivity contribution in [3.8, 4) is 0 Å². The molecule has 51 heavy (non-hydrogen) atoms. The molecule has 0 aliphatic heterocycles. The Labute approximate surface area is 292 Å². The lowest BCUT2D eigenvalue weighted by Crippen LogP contribution is -2.07. The Morgan fingerprint density at radius 1 is 0.412 bits per heavy atom. The third-order valence-corrected chi connectivity index (χ3v) is 8.57. The van der Waals surface area contributed by atoms with Crippen LogP contribution in [0.2, 0.25) is 0 Å². The van der Waals surface area contributed by atoms with Gasteiger partial charge in [-0.15, -0.1) is 0 Å². The highest BCUT2D eigenvalue weighted by atomic mass is 16.5. The lowest BCUT2D eigenvalue weighted by atomic mass is 10.1. The van der Waals surface area contributed by atoms with E-state index >= 15 is 0 Å². The first-order chi connectivity index (χ1) is 24.9. The smallest absolute Gasteiger partial charge is 0.338 e. The Bertz CT molecular complexity index is 2200. The maximum Gasteiger partial charge on any atom is 0.338 e. The van der Waals surface area contributed by atoms with E-state index in [4.69, 9.17) is 44.1 Å². The number of unbranched alkanes of at least 4 members (excludes halogenated alkanes) is 3. The van der Waals surface area contributed by atoms with Crippen LogP contribution in [0, 0.1) is 0 Å². The number of esters is 3. The first-order valence-electron chi connectivity index (χ1n) is 17.4. The van der Waals surface area contributed by atoms with Crippen LogP contribution in [0.3, 0.4) is 0 Å². The first-order valence-corrected chi connectivity index (χ1v) is 17.4. The number of aromatic nitrogens is 6. The highest BCUT2D eigenvalue weighted by Gasteiger charge is 2.21. The quantitative estimate of drug-likeness (QED) is 0.0404. The van der Waals surface area contributed by atoms with Crippen LogP contribution in [-0.2, 0) is 14.2 Å². The Morgan fingerprint density at radius 2 is 0.667 bits per heavy atom. The Hall–Kier alpha value is -5.91. The van der Waals surface area contributed by atoms with Crippen molar-refractivity contribution in [3.05, 3.63) is 71.3 Å². The molecule has 0 bridgehead atoms. The summed E-state index contributed by atoms with van der Waals surface area (Å²) < 4.78 is 16.3. The van der Waals surface area contributed by atoms with E-state index in [9.17, 15) is 14.4 Å². The number of fused-ring (bicyclic) bond motifs is 9. The van der Waals surface area contributed by atoms with Gasteiger partial charge in [0.2, 0.25) is 0 Å². The topological polar surface area (TPSA) is 156 Å². The van der Waals surface area contributed by atoms with Crippen LogP contribution in [-0.4, -0.2) is 67.6 Å². The molecule has 0 aliphatic carbocycles. The van der Waals surface area contributed by atoms with Crippen molar-refractivity contribution >= 4 is 84.1 Å². The standard InChI is InChI=1S/C39H36N6O6/c1-4-7-16-49-37(46)22-10-13-25-28(19-22)43-34-31(40-25)35-33(42-27-15-12-24(21-30(27)44-35)39(48)51-18-9-6-3)36-32(34)41-26-14-11-23(20-29(26)45-36)38(47)50-17-8-5-2/h10-15,19-21H,4-9,16-18H2,1-3H3. The molecule has 0 amide bonds. The summed E-state index contributed by atoms with van der Waals surface area (Å²) in [4.78, 5) is 68.2. The molecule has 4 aromatic carbocycles. The molecular formula is C39H36N6O6. The van der Waals surface area contributed by atoms with E-state index < -0.39 is 17.9 Å². The average molecular weight is 685 g/mol. The number of nitrogens with zero attached hydrogens (tertiary/aromatic N) is 6. The van der Waals surface area contributed by atoms with E-state index in [1.165, 1.54) is 0 Å². The summed E-state index contributed by atoms with van der Waals surface area (Å²) in [5.41, 5.74) is 6.56. The minimum atomic E-state index is -0.438. The molecule has 7 rings (SSSR count). The zero-order chi connectivity index (χ0) is 35.5. The summed E-state index contributed by atoms with van der Waals surface area (Å²) in [7, 11) is 0. The molecule has 3 heterocycles. The van der Waals surface area contributed by atoms with Gasteiger partial charge in [0.1, 0.15) is 33.1 Å². The summed E-state index contributed by atoms with van der Waals surface area (Å²) >= 11 is 0. The van der Waals surface area contributed by atoms with Gasteiger partial charge in [-0.25, -0.2) is 44.3 Å². The summed E-state index contributed by atoms with van der Waals surface area (Å²) in [6.07, 6.45) is 5.04. The molecule has 7 aromatic rings. The number of ether oxygens (including phenoxy) is 3. The zero-order valence-electron chi connectivity index (χ0n) is 28.7. The Kier molecular flexibility index (Phi) is 9.56. The molecule has 0 aliphatic rings. The fourth-order valence-corrected chi connectivity index (χ4v) is 5.71. The first kappa shape index (κ1) is 33.6. The molecule has 0 saturated heterocycles. The van der Waals surface area contributed by atoms with Gasteiger partial charge in [0, 0.05) is 0 Å². The molecule has 0 fully saturated rings. The second-order valence-corrected chi connectivity index (χ2v) is 12.3. The average Bonchev–Trinajstić information content (AvgIpc) is 3.15. The molecule has 0 spiro atoms. The van der Waals surface area contributed by atoms with Gasteiger partial charge in [-0.3, -0.25) is 0 Å². The van der Waals surface area contributed by atoms with Gasteiger partial charge in [0.25, 0.3) is 0 Å². The number of carbonyl (C=O) groups excluding carboxylic acids is 3. The summed E-state index contributed by atoms with van der Waals surface area (Å²) in [6.45, 7) is 7.08. The van der Waals surface area contributed by atoms with Crippen LogP contribution in [0.5, 0.6) is 0 Å². The third-order valence-electron chi connectivity index (χ3n) is 8.57. The van der Waals surface area contributed by atoms with Crippen molar-refractivity contribution < 1.29 is 28.6 Å². The van der Waals surface area contributed by atoms with Crippen LogP contribution in [0.4, 0.5) is 0 Å². The molecular weight excluding hydrogens is 648 g/mol. The van der Waals surface area contributed by atoms with Gasteiger partial charge in [-0.2, -0.15) is 0 Å². The van der Waals surface area contributed by atoms with Crippen LogP contribution in [0.25, 0.3) is 66.2 Å². The number of carbonyl (C=O) groups is 3. The molecule has 0 radical (unpaired) electrons. The number of rotatable bonds is 12. The minimum Gasteiger partial charge on any atom is -0.462 e. The van der Waals surface area contributed by atoms with Gasteiger partial charge in [-0.05, 0) is 73.9 Å². The van der Waals surface area contributed by atoms with E-state index in [1.54, 1.807) is 54.6 Å². The van der Waals surface area contributed by atoms with Crippen molar-refractivity contribution in [3.63, 3.8) is 0 Å². The Balaban J connectivity index is 1.45. The predicted molar refractivity (Wildman–Crippen MR) is 194 cm³/mol. The van der Waals surface area contributed by atoms with E-state index in [-0.39, 0.29) is 0 Å². The second kappa shape index (κ2) is 14.5. The van der Waals surface area contributed by atoms with Crippen molar-refractivity contribution in [1.82, 2.24) is 29.9 Å². The maximum atomic E-state index is 12.8. The predicted octanol–water partition coefficient (Wildman–Crippen LogP) is 7.85. The van der Waals surface area contributed by atoms with E-state index in [0.717, 1.165) is 38.5 Å². The molecule has 0 saturated carbocycles. The van der Waals surface area contributed by atoms with Gasteiger partial charge in [0.15, 0.2) is 0 Å². The fraction of sp³-hybridized carbons (Fsp3) is 0.308. The van der Waals surface area contributed by atoms with Crippen molar-refractivity contribution in [2.45, 2.75) is 59.3 Å². The molecule has 12 heteroatoms. The molecule has 12 nitrogen and oxygen atoms in total. The maximum absolute atomic E-state index is 12.8. The van der Waals surface area contributed by atoms with Gasteiger partial charge in [-0.1, -0.05) is 40.0 Å². The SMILES string of the molecule is CCCCOC(=O)c1ccc2nc3c4nc5cc(C(=O)OCCCC)ccc5nc4c4nc5cc(C(=O)OCCCC)ccc5nc4c3nc2c1. The van der Waals surface area contributed by atoms with E-state index in [2.05, 4.69) is 0 Å². The summed E-state index contributed by atoms with van der Waals surface area (Å²) in [5, 5.41) is 0. The highest BCUT2D eigenvalue weighted by molar-refractivity contribution is 6.21. The Morgan fingerprint density at radius 3 is 0.922 bits per heavy atom. The number of benzene rings is 4. The normalized spacial score (nSPS) is 11.6. The number of hydrogen-bond donors (Lipinski definition) is 0. The molecule has 0 N–H and O–H groups in total. The van der Waals surface area contributed by atoms with Crippen molar-refractivity contribution in [2.75, 3.05) is 19.8 Å². The second-order valence-electron chi connectivity index (χ2n) is 12.3. The third kappa shape index (κ3) is 6.69. The largest absolute Gasteiger partial charge is 0.462 e. The molecule has 3 aromatic heterocycles. The van der Waals surface area contributed by atoms with Crippen molar-refractivity contribution in [1.29, 1.82) is 0 Å². The van der Waals surface area contributed by atoms with Gasteiger partial charge < -0.3 is 14.2 Å².